The summed E-state index contributed by atoms with van der Waals surface area (Å²) >= 11 is 0. The van der Waals surface area contributed by atoms with Crippen molar-refractivity contribution >= 4 is 22.8 Å². The highest BCUT2D eigenvalue weighted by atomic mass is 19.1. The van der Waals surface area contributed by atoms with Crippen LogP contribution in [0.1, 0.15) is 5.56 Å². The zero-order valence-electron chi connectivity index (χ0n) is 12.6. The first-order valence-corrected chi connectivity index (χ1v) is 6.88. The molecular weight excluding hydrogens is 299 g/mol. The molecular formula is C17H15FN2O3. The second kappa shape index (κ2) is 6.00. The number of aromatic amines is 1. The zero-order valence-corrected chi connectivity index (χ0v) is 12.6. The Bertz CT molecular complexity index is 887. The summed E-state index contributed by atoms with van der Waals surface area (Å²) in [5, 5.41) is 10.6. The van der Waals surface area contributed by atoms with Gasteiger partial charge in [-0.1, -0.05) is 0 Å². The van der Waals surface area contributed by atoms with Crippen LogP contribution in [0.15, 0.2) is 41.4 Å². The van der Waals surface area contributed by atoms with E-state index in [9.17, 15) is 9.50 Å². The van der Waals surface area contributed by atoms with Crippen LogP contribution in [0, 0.1) is 5.82 Å². The smallest absolute Gasteiger partial charge is 0.198 e. The van der Waals surface area contributed by atoms with E-state index in [4.69, 9.17) is 9.47 Å². The number of hydrogen-bond donors (Lipinski definition) is 2. The van der Waals surface area contributed by atoms with E-state index in [0.29, 0.717) is 33.7 Å². The second-order valence-electron chi connectivity index (χ2n) is 4.87. The predicted molar refractivity (Wildman–Crippen MR) is 86.7 cm³/mol. The van der Waals surface area contributed by atoms with Crippen molar-refractivity contribution in [1.29, 1.82) is 0 Å². The molecule has 0 bridgehead atoms. The van der Waals surface area contributed by atoms with Crippen LogP contribution in [0.2, 0.25) is 0 Å². The van der Waals surface area contributed by atoms with Gasteiger partial charge in [0.25, 0.3) is 0 Å². The van der Waals surface area contributed by atoms with E-state index in [2.05, 4.69) is 9.98 Å². The summed E-state index contributed by atoms with van der Waals surface area (Å²) in [5.41, 5.74) is 1.57. The molecule has 3 aromatic rings. The minimum absolute atomic E-state index is 0.0730. The second-order valence-corrected chi connectivity index (χ2v) is 4.87. The largest absolute Gasteiger partial charge is 0.497 e. The molecule has 1 aromatic heterocycles. The fourth-order valence-electron chi connectivity index (χ4n) is 2.33. The van der Waals surface area contributed by atoms with Gasteiger partial charge in [-0.25, -0.2) is 4.39 Å². The van der Waals surface area contributed by atoms with Crippen LogP contribution in [0.5, 0.6) is 17.4 Å². The molecule has 0 aliphatic rings. The molecule has 3 rings (SSSR count). The molecule has 0 radical (unpaired) electrons. The van der Waals surface area contributed by atoms with Crippen LogP contribution < -0.4 is 9.47 Å². The highest BCUT2D eigenvalue weighted by Gasteiger charge is 2.10. The molecule has 2 aromatic carbocycles. The van der Waals surface area contributed by atoms with Gasteiger partial charge in [-0.2, -0.15) is 0 Å². The Morgan fingerprint density at radius 1 is 1.13 bits per heavy atom. The Morgan fingerprint density at radius 2 is 1.96 bits per heavy atom. The number of hydrogen-bond acceptors (Lipinski definition) is 4. The maximum Gasteiger partial charge on any atom is 0.198 e. The van der Waals surface area contributed by atoms with E-state index in [1.165, 1.54) is 18.3 Å². The van der Waals surface area contributed by atoms with Gasteiger partial charge < -0.3 is 19.6 Å². The van der Waals surface area contributed by atoms with E-state index < -0.39 is 0 Å². The van der Waals surface area contributed by atoms with E-state index in [-0.39, 0.29) is 11.7 Å². The Morgan fingerprint density at radius 3 is 2.70 bits per heavy atom. The SMILES string of the molecule is COc1ccc(OC)c(N=Cc2c(O)[nH]c3ccc(F)cc23)c1. The number of benzene rings is 2. The number of methoxy groups -OCH3 is 2. The normalized spacial score (nSPS) is 11.3. The van der Waals surface area contributed by atoms with Gasteiger partial charge in [0, 0.05) is 23.2 Å². The minimum atomic E-state index is -0.384. The first-order valence-electron chi connectivity index (χ1n) is 6.88. The average molecular weight is 314 g/mol. The summed E-state index contributed by atoms with van der Waals surface area (Å²) in [6, 6.07) is 9.44. The molecule has 0 atom stereocenters. The number of aromatic nitrogens is 1. The van der Waals surface area contributed by atoms with Crippen molar-refractivity contribution in [3.8, 4) is 17.4 Å². The lowest BCUT2D eigenvalue weighted by atomic mass is 10.2. The number of nitrogens with one attached hydrogen (secondary N) is 1. The standard InChI is InChI=1S/C17H15FN2O3/c1-22-11-4-6-16(23-2)15(8-11)19-9-13-12-7-10(18)3-5-14(12)20-17(13)21/h3-9,20-21H,1-2H3. The van der Waals surface area contributed by atoms with Crippen molar-refractivity contribution in [2.75, 3.05) is 14.2 Å². The van der Waals surface area contributed by atoms with Crippen molar-refractivity contribution in [1.82, 2.24) is 4.98 Å². The molecule has 118 valence electrons. The van der Waals surface area contributed by atoms with Crippen molar-refractivity contribution in [2.45, 2.75) is 0 Å². The lowest BCUT2D eigenvalue weighted by Crippen LogP contribution is -1.87. The Labute approximate surface area is 132 Å². The summed E-state index contributed by atoms with van der Waals surface area (Å²) in [6.07, 6.45) is 1.46. The number of rotatable bonds is 4. The van der Waals surface area contributed by atoms with Crippen LogP contribution in [-0.2, 0) is 0 Å². The van der Waals surface area contributed by atoms with Crippen molar-refractivity contribution in [3.63, 3.8) is 0 Å². The van der Waals surface area contributed by atoms with Crippen LogP contribution in [0.3, 0.4) is 0 Å². The number of aliphatic imine (C=N–C) groups is 1. The monoisotopic (exact) mass is 314 g/mol. The Kier molecular flexibility index (Phi) is 3.89. The quantitative estimate of drug-likeness (QED) is 0.720. The average Bonchev–Trinajstić information content (AvgIpc) is 2.87. The predicted octanol–water partition coefficient (Wildman–Crippen LogP) is 3.78. The van der Waals surface area contributed by atoms with Crippen LogP contribution in [0.4, 0.5) is 10.1 Å². The number of nitrogens with zero attached hydrogens (tertiary/aromatic N) is 1. The van der Waals surface area contributed by atoms with E-state index in [1.54, 1.807) is 38.5 Å². The third-order valence-electron chi connectivity index (χ3n) is 3.50. The highest BCUT2D eigenvalue weighted by molar-refractivity contribution is 6.02. The molecule has 6 heteroatoms. The molecule has 0 aliphatic heterocycles. The molecule has 0 fully saturated rings. The third-order valence-corrected chi connectivity index (χ3v) is 3.50. The van der Waals surface area contributed by atoms with Crippen molar-refractivity contribution in [3.05, 3.63) is 47.8 Å². The van der Waals surface area contributed by atoms with Crippen LogP contribution in [0.25, 0.3) is 10.9 Å². The molecule has 0 unspecified atom stereocenters. The van der Waals surface area contributed by atoms with E-state index >= 15 is 0 Å². The Hall–Kier alpha value is -3.02. The fourth-order valence-corrected chi connectivity index (χ4v) is 2.33. The van der Waals surface area contributed by atoms with Crippen LogP contribution in [-0.4, -0.2) is 30.5 Å². The number of aromatic hydroxyl groups is 1. The lowest BCUT2D eigenvalue weighted by molar-refractivity contribution is 0.404. The Balaban J connectivity index is 2.06. The molecule has 2 N–H and O–H groups in total. The molecule has 23 heavy (non-hydrogen) atoms. The number of fused-ring (bicyclic) bond motifs is 1. The number of H-pyrrole nitrogens is 1. The number of halogens is 1. The molecule has 0 saturated carbocycles. The van der Waals surface area contributed by atoms with Gasteiger partial charge in [0.15, 0.2) is 5.88 Å². The molecule has 5 nitrogen and oxygen atoms in total. The van der Waals surface area contributed by atoms with Gasteiger partial charge in [0.2, 0.25) is 0 Å². The van der Waals surface area contributed by atoms with Crippen LogP contribution >= 0.6 is 0 Å². The summed E-state index contributed by atoms with van der Waals surface area (Å²) in [4.78, 5) is 7.12. The zero-order chi connectivity index (χ0) is 16.4. The third kappa shape index (κ3) is 2.83. The van der Waals surface area contributed by atoms with Gasteiger partial charge in [0.05, 0.1) is 19.8 Å². The molecule has 0 amide bonds. The summed E-state index contributed by atoms with van der Waals surface area (Å²) in [7, 11) is 3.10. The summed E-state index contributed by atoms with van der Waals surface area (Å²) in [5.74, 6) is 0.737. The molecule has 0 spiro atoms. The summed E-state index contributed by atoms with van der Waals surface area (Å²) in [6.45, 7) is 0. The molecule has 1 heterocycles. The number of ether oxygens (including phenoxy) is 2. The van der Waals surface area contributed by atoms with Gasteiger partial charge in [-0.05, 0) is 30.3 Å². The lowest BCUT2D eigenvalue weighted by Gasteiger charge is -2.06. The highest BCUT2D eigenvalue weighted by Crippen LogP contribution is 2.32. The topological polar surface area (TPSA) is 66.8 Å². The first kappa shape index (κ1) is 14.9. The maximum absolute atomic E-state index is 13.4. The van der Waals surface area contributed by atoms with Gasteiger partial charge in [-0.15, -0.1) is 0 Å². The first-order chi connectivity index (χ1) is 11.1. The fraction of sp³-hybridized carbons (Fsp3) is 0.118. The van der Waals surface area contributed by atoms with E-state index in [1.807, 2.05) is 0 Å². The van der Waals surface area contributed by atoms with Gasteiger partial charge in [0.1, 0.15) is 23.0 Å². The molecule has 0 saturated heterocycles. The van der Waals surface area contributed by atoms with Gasteiger partial charge in [-0.3, -0.25) is 4.99 Å². The van der Waals surface area contributed by atoms with Gasteiger partial charge >= 0.3 is 0 Å². The maximum atomic E-state index is 13.4. The molecule has 0 aliphatic carbocycles. The van der Waals surface area contributed by atoms with Crippen molar-refractivity contribution in [2.24, 2.45) is 4.99 Å². The summed E-state index contributed by atoms with van der Waals surface area (Å²) < 4.78 is 23.8. The van der Waals surface area contributed by atoms with E-state index in [0.717, 1.165) is 0 Å². The minimum Gasteiger partial charge on any atom is -0.497 e. The van der Waals surface area contributed by atoms with Crippen molar-refractivity contribution < 1.29 is 19.0 Å².